The van der Waals surface area contributed by atoms with Crippen LogP contribution in [0.5, 0.6) is 0 Å². The van der Waals surface area contributed by atoms with E-state index in [0.717, 1.165) is 35.6 Å². The largest absolute Gasteiger partial charge is 0.368 e. The number of anilines is 2. The van der Waals surface area contributed by atoms with Crippen molar-refractivity contribution in [3.8, 4) is 0 Å². The molecule has 0 aliphatic carbocycles. The van der Waals surface area contributed by atoms with Crippen LogP contribution in [-0.2, 0) is 0 Å². The zero-order chi connectivity index (χ0) is 17.3. The summed E-state index contributed by atoms with van der Waals surface area (Å²) in [5.41, 5.74) is 8.23. The van der Waals surface area contributed by atoms with Crippen LogP contribution < -0.4 is 10.6 Å². The average molecular weight is 390 g/mol. The van der Waals surface area contributed by atoms with Crippen molar-refractivity contribution in [3.05, 3.63) is 46.1 Å². The number of nitrogen functional groups attached to an aromatic ring is 1. The smallest absolute Gasteiger partial charge is 0.222 e. The summed E-state index contributed by atoms with van der Waals surface area (Å²) in [6, 6.07) is 10.8. The first-order valence-corrected chi connectivity index (χ1v) is 9.09. The highest BCUT2D eigenvalue weighted by atomic mass is 79.9. The number of aromatic nitrogens is 2. The number of halogens is 1. The van der Waals surface area contributed by atoms with Gasteiger partial charge in [-0.1, -0.05) is 48.0 Å². The van der Waals surface area contributed by atoms with E-state index in [2.05, 4.69) is 80.9 Å². The predicted octanol–water partition coefficient (Wildman–Crippen LogP) is 3.44. The number of nitrogens with two attached hydrogens (primary N) is 1. The molecule has 1 aliphatic heterocycles. The molecule has 0 bridgehead atoms. The summed E-state index contributed by atoms with van der Waals surface area (Å²) in [6.07, 6.45) is 0. The van der Waals surface area contributed by atoms with Crippen molar-refractivity contribution < 1.29 is 0 Å². The van der Waals surface area contributed by atoms with Crippen molar-refractivity contribution in [2.24, 2.45) is 0 Å². The third kappa shape index (κ3) is 3.54. The molecule has 1 aliphatic rings. The van der Waals surface area contributed by atoms with Gasteiger partial charge in [0.2, 0.25) is 5.95 Å². The fraction of sp³-hybridized carbons (Fsp3) is 0.444. The second-order valence-electron chi connectivity index (χ2n) is 6.63. The lowest BCUT2D eigenvalue weighted by atomic mass is 10.0. The molecule has 2 N–H and O–H groups in total. The molecule has 24 heavy (non-hydrogen) atoms. The first kappa shape index (κ1) is 17.2. The van der Waals surface area contributed by atoms with E-state index in [-0.39, 0.29) is 0 Å². The Morgan fingerprint density at radius 1 is 1.21 bits per heavy atom. The maximum atomic E-state index is 5.93. The fourth-order valence-electron chi connectivity index (χ4n) is 3.09. The molecular formula is C18H24BrN5. The summed E-state index contributed by atoms with van der Waals surface area (Å²) in [5.74, 6) is 1.62. The minimum Gasteiger partial charge on any atom is -0.368 e. The molecule has 1 atom stereocenters. The number of piperazine rings is 1. The molecule has 0 radical (unpaired) electrons. The van der Waals surface area contributed by atoms with E-state index >= 15 is 0 Å². The lowest BCUT2D eigenvalue weighted by molar-refractivity contribution is 0.220. The van der Waals surface area contributed by atoms with Crippen LogP contribution >= 0.6 is 15.9 Å². The molecule has 5 nitrogen and oxygen atoms in total. The van der Waals surface area contributed by atoms with E-state index in [9.17, 15) is 0 Å². The van der Waals surface area contributed by atoms with Gasteiger partial charge in [-0.3, -0.25) is 4.90 Å². The molecule has 0 spiro atoms. The molecule has 1 saturated heterocycles. The molecule has 2 aromatic rings. The van der Waals surface area contributed by atoms with Crippen LogP contribution in [0.4, 0.5) is 11.8 Å². The Morgan fingerprint density at radius 2 is 1.96 bits per heavy atom. The Hall–Kier alpha value is -1.66. The van der Waals surface area contributed by atoms with E-state index in [1.54, 1.807) is 0 Å². The van der Waals surface area contributed by atoms with Crippen molar-refractivity contribution in [2.75, 3.05) is 37.3 Å². The number of hydrogen-bond acceptors (Lipinski definition) is 5. The minimum atomic E-state index is 0.313. The zero-order valence-corrected chi connectivity index (χ0v) is 16.0. The monoisotopic (exact) mass is 389 g/mol. The Morgan fingerprint density at radius 3 is 2.67 bits per heavy atom. The van der Waals surface area contributed by atoms with Crippen LogP contribution in [0.25, 0.3) is 0 Å². The van der Waals surface area contributed by atoms with Crippen molar-refractivity contribution in [1.29, 1.82) is 0 Å². The van der Waals surface area contributed by atoms with Gasteiger partial charge in [-0.05, 0) is 24.6 Å². The molecule has 0 saturated carbocycles. The molecular weight excluding hydrogens is 366 g/mol. The number of benzene rings is 1. The van der Waals surface area contributed by atoms with Crippen LogP contribution in [0, 0.1) is 0 Å². The third-order valence-electron chi connectivity index (χ3n) is 4.58. The molecule has 3 rings (SSSR count). The van der Waals surface area contributed by atoms with Gasteiger partial charge in [0, 0.05) is 30.2 Å². The summed E-state index contributed by atoms with van der Waals surface area (Å²) in [5, 5.41) is 0. The molecule has 1 aromatic heterocycles. The Bertz CT molecular complexity index is 718. The minimum absolute atomic E-state index is 0.313. The topological polar surface area (TPSA) is 58.3 Å². The van der Waals surface area contributed by atoms with E-state index in [1.807, 2.05) is 6.07 Å². The Labute approximate surface area is 152 Å². The Kier molecular flexibility index (Phi) is 5.06. The van der Waals surface area contributed by atoms with Gasteiger partial charge in [-0.15, -0.1) is 0 Å². The van der Waals surface area contributed by atoms with Gasteiger partial charge in [0.05, 0.1) is 11.7 Å². The lowest BCUT2D eigenvalue weighted by Crippen LogP contribution is -2.47. The quantitative estimate of drug-likeness (QED) is 0.870. The van der Waals surface area contributed by atoms with E-state index in [1.165, 1.54) is 5.56 Å². The van der Waals surface area contributed by atoms with Gasteiger partial charge in [-0.25, -0.2) is 4.98 Å². The molecule has 0 amide bonds. The van der Waals surface area contributed by atoms with Crippen LogP contribution in [-0.4, -0.2) is 41.5 Å². The highest BCUT2D eigenvalue weighted by Crippen LogP contribution is 2.31. The fourth-order valence-corrected chi connectivity index (χ4v) is 3.64. The summed E-state index contributed by atoms with van der Waals surface area (Å²) in [4.78, 5) is 13.5. The second-order valence-corrected chi connectivity index (χ2v) is 7.48. The van der Waals surface area contributed by atoms with Crippen molar-refractivity contribution in [3.63, 3.8) is 0 Å². The summed E-state index contributed by atoms with van der Waals surface area (Å²) in [7, 11) is 2.18. The van der Waals surface area contributed by atoms with Gasteiger partial charge in [0.15, 0.2) is 0 Å². The van der Waals surface area contributed by atoms with Gasteiger partial charge in [-0.2, -0.15) is 4.98 Å². The van der Waals surface area contributed by atoms with Crippen molar-refractivity contribution >= 4 is 27.7 Å². The lowest BCUT2D eigenvalue weighted by Gasteiger charge is -2.40. The van der Waals surface area contributed by atoms with Crippen LogP contribution in [0.15, 0.2) is 34.8 Å². The highest BCUT2D eigenvalue weighted by Gasteiger charge is 2.28. The zero-order valence-electron chi connectivity index (χ0n) is 14.4. The second kappa shape index (κ2) is 7.07. The van der Waals surface area contributed by atoms with Crippen LogP contribution in [0.2, 0.25) is 0 Å². The SMILES string of the molecule is CC(C)c1cc(N2CCN(C)[C@@H](c3ccccc3Br)C2)nc(N)n1. The van der Waals surface area contributed by atoms with Gasteiger partial charge in [0.1, 0.15) is 5.82 Å². The van der Waals surface area contributed by atoms with Crippen LogP contribution in [0.3, 0.4) is 0 Å². The number of rotatable bonds is 3. The van der Waals surface area contributed by atoms with Gasteiger partial charge in [0.25, 0.3) is 0 Å². The molecule has 2 heterocycles. The summed E-state index contributed by atoms with van der Waals surface area (Å²) in [6.45, 7) is 7.05. The van der Waals surface area contributed by atoms with E-state index < -0.39 is 0 Å². The van der Waals surface area contributed by atoms with E-state index in [4.69, 9.17) is 5.73 Å². The normalized spacial score (nSPS) is 19.0. The van der Waals surface area contributed by atoms with E-state index in [0.29, 0.717) is 17.9 Å². The molecule has 1 aromatic carbocycles. The molecule has 1 fully saturated rings. The predicted molar refractivity (Wildman–Crippen MR) is 102 cm³/mol. The maximum absolute atomic E-state index is 5.93. The molecule has 0 unspecified atom stereocenters. The molecule has 128 valence electrons. The third-order valence-corrected chi connectivity index (χ3v) is 5.30. The number of nitrogens with zero attached hydrogens (tertiary/aromatic N) is 4. The van der Waals surface area contributed by atoms with Gasteiger partial charge < -0.3 is 10.6 Å². The molecule has 6 heteroatoms. The Balaban J connectivity index is 1.90. The van der Waals surface area contributed by atoms with Crippen molar-refractivity contribution in [2.45, 2.75) is 25.8 Å². The summed E-state index contributed by atoms with van der Waals surface area (Å²) < 4.78 is 1.15. The maximum Gasteiger partial charge on any atom is 0.222 e. The number of likely N-dealkylation sites (N-methyl/N-ethyl adjacent to an activating group) is 1. The first-order valence-electron chi connectivity index (χ1n) is 8.29. The standard InChI is InChI=1S/C18H24BrN5/c1-12(2)15-10-17(22-18(20)21-15)24-9-8-23(3)16(11-24)13-6-4-5-7-14(13)19/h4-7,10,12,16H,8-9,11H2,1-3H3,(H2,20,21,22)/t16-/m1/s1. The van der Waals surface area contributed by atoms with Crippen LogP contribution in [0.1, 0.15) is 37.1 Å². The first-order chi connectivity index (χ1) is 11.5. The average Bonchev–Trinajstić information content (AvgIpc) is 2.55. The summed E-state index contributed by atoms with van der Waals surface area (Å²) >= 11 is 3.69. The van der Waals surface area contributed by atoms with Gasteiger partial charge >= 0.3 is 0 Å². The van der Waals surface area contributed by atoms with Crippen molar-refractivity contribution in [1.82, 2.24) is 14.9 Å². The highest BCUT2D eigenvalue weighted by molar-refractivity contribution is 9.10. The number of hydrogen-bond donors (Lipinski definition) is 1.